The summed E-state index contributed by atoms with van der Waals surface area (Å²) in [4.78, 5) is 21.8. The van der Waals surface area contributed by atoms with E-state index in [9.17, 15) is 4.79 Å². The smallest absolute Gasteiger partial charge is 0.231 e. The lowest BCUT2D eigenvalue weighted by Gasteiger charge is -2.29. The number of anilines is 1. The Balaban J connectivity index is 1.32. The van der Waals surface area contributed by atoms with E-state index in [1.807, 2.05) is 12.1 Å². The molecule has 132 valence electrons. The number of piperidine rings is 1. The number of carbonyl (C=O) groups is 1. The Hall–Kier alpha value is -2.02. The largest absolute Gasteiger partial charge is 0.454 e. The summed E-state index contributed by atoms with van der Waals surface area (Å²) < 4.78 is 12.0. The van der Waals surface area contributed by atoms with Crippen LogP contribution < -0.4 is 14.4 Å². The van der Waals surface area contributed by atoms with Crippen LogP contribution in [-0.4, -0.2) is 48.8 Å². The molecule has 7 heteroatoms. The third kappa shape index (κ3) is 2.70. The number of nitrogens with zero attached hydrogens (tertiary/aromatic N) is 3. The fourth-order valence-corrected chi connectivity index (χ4v) is 4.96. The Bertz CT molecular complexity index is 774. The third-order valence-corrected chi connectivity index (χ3v) is 6.43. The molecule has 5 rings (SSSR count). The lowest BCUT2D eigenvalue weighted by molar-refractivity contribution is -0.135. The second-order valence-electron chi connectivity index (χ2n) is 6.99. The first-order valence-electron chi connectivity index (χ1n) is 9.02. The molecule has 25 heavy (non-hydrogen) atoms. The van der Waals surface area contributed by atoms with Crippen LogP contribution in [-0.2, 0) is 4.79 Å². The number of hydrogen-bond acceptors (Lipinski definition) is 6. The van der Waals surface area contributed by atoms with Crippen molar-refractivity contribution < 1.29 is 14.3 Å². The first-order chi connectivity index (χ1) is 12.3. The van der Waals surface area contributed by atoms with Crippen LogP contribution in [0.5, 0.6) is 11.5 Å². The number of rotatable bonds is 2. The fraction of sp³-hybridized carbons (Fsp3) is 0.556. The van der Waals surface area contributed by atoms with Gasteiger partial charge in [-0.1, -0.05) is 11.3 Å². The zero-order chi connectivity index (χ0) is 16.8. The van der Waals surface area contributed by atoms with Gasteiger partial charge in [0.1, 0.15) is 0 Å². The maximum atomic E-state index is 12.7. The molecule has 0 bridgehead atoms. The number of aromatic nitrogens is 1. The SMILES string of the molecule is O=C(C1CCN(c2nc3cc4c(cc3s2)OCO4)C1)N1CCCCC1. The van der Waals surface area contributed by atoms with Crippen LogP contribution in [0, 0.1) is 5.92 Å². The predicted molar refractivity (Wildman–Crippen MR) is 96.5 cm³/mol. The van der Waals surface area contributed by atoms with Crippen LogP contribution in [0.2, 0.25) is 0 Å². The molecule has 1 unspecified atom stereocenters. The van der Waals surface area contributed by atoms with Crippen molar-refractivity contribution in [1.82, 2.24) is 9.88 Å². The molecule has 0 spiro atoms. The standard InChI is InChI=1S/C18H21N3O3S/c22-17(20-5-2-1-3-6-20)12-4-7-21(10-12)18-19-13-8-14-15(24-11-23-14)9-16(13)25-18/h8-9,12H,1-7,10-11H2. The molecule has 2 aromatic rings. The number of likely N-dealkylation sites (tertiary alicyclic amines) is 1. The normalized spacial score (nSPS) is 22.8. The highest BCUT2D eigenvalue weighted by Gasteiger charge is 2.33. The molecule has 4 heterocycles. The molecule has 6 nitrogen and oxygen atoms in total. The molecule has 1 amide bonds. The Morgan fingerprint density at radius 1 is 1.12 bits per heavy atom. The van der Waals surface area contributed by atoms with E-state index in [2.05, 4.69) is 9.80 Å². The zero-order valence-corrected chi connectivity index (χ0v) is 14.9. The summed E-state index contributed by atoms with van der Waals surface area (Å²) in [5, 5.41) is 0.993. The van der Waals surface area contributed by atoms with Gasteiger partial charge in [-0.05, 0) is 25.7 Å². The molecule has 0 N–H and O–H groups in total. The molecule has 0 saturated carbocycles. The van der Waals surface area contributed by atoms with Crippen molar-refractivity contribution >= 4 is 32.6 Å². The van der Waals surface area contributed by atoms with Crippen molar-refractivity contribution in [1.29, 1.82) is 0 Å². The van der Waals surface area contributed by atoms with Gasteiger partial charge in [-0.15, -0.1) is 0 Å². The second-order valence-corrected chi connectivity index (χ2v) is 8.00. The molecule has 1 aromatic carbocycles. The Kier molecular flexibility index (Phi) is 3.69. The highest BCUT2D eigenvalue weighted by molar-refractivity contribution is 7.22. The summed E-state index contributed by atoms with van der Waals surface area (Å²) in [5.41, 5.74) is 0.940. The topological polar surface area (TPSA) is 54.9 Å². The van der Waals surface area contributed by atoms with Gasteiger partial charge in [0, 0.05) is 38.3 Å². The van der Waals surface area contributed by atoms with E-state index in [0.717, 1.165) is 72.3 Å². The van der Waals surface area contributed by atoms with Crippen LogP contribution in [0.3, 0.4) is 0 Å². The summed E-state index contributed by atoms with van der Waals surface area (Å²) >= 11 is 1.66. The highest BCUT2D eigenvalue weighted by Crippen LogP contribution is 2.40. The van der Waals surface area contributed by atoms with E-state index in [0.29, 0.717) is 5.91 Å². The van der Waals surface area contributed by atoms with Crippen LogP contribution in [0.15, 0.2) is 12.1 Å². The molecule has 3 aliphatic rings. The number of carbonyl (C=O) groups excluding carboxylic acids is 1. The number of hydrogen-bond donors (Lipinski definition) is 0. The minimum Gasteiger partial charge on any atom is -0.454 e. The van der Waals surface area contributed by atoms with Gasteiger partial charge >= 0.3 is 0 Å². The van der Waals surface area contributed by atoms with Crippen LogP contribution in [0.4, 0.5) is 5.13 Å². The van der Waals surface area contributed by atoms with Gasteiger partial charge in [0.15, 0.2) is 16.6 Å². The minimum atomic E-state index is 0.113. The number of fused-ring (bicyclic) bond motifs is 2. The molecule has 1 aromatic heterocycles. The van der Waals surface area contributed by atoms with E-state index in [1.54, 1.807) is 11.3 Å². The van der Waals surface area contributed by atoms with Gasteiger partial charge in [-0.3, -0.25) is 4.79 Å². The second kappa shape index (κ2) is 6.05. The molecule has 0 radical (unpaired) electrons. The molecular formula is C18H21N3O3S. The quantitative estimate of drug-likeness (QED) is 0.825. The number of benzene rings is 1. The molecule has 3 aliphatic heterocycles. The zero-order valence-electron chi connectivity index (χ0n) is 14.1. The van der Waals surface area contributed by atoms with Gasteiger partial charge in [0.2, 0.25) is 12.7 Å². The Morgan fingerprint density at radius 2 is 1.92 bits per heavy atom. The molecule has 2 saturated heterocycles. The van der Waals surface area contributed by atoms with E-state index in [-0.39, 0.29) is 12.7 Å². The lowest BCUT2D eigenvalue weighted by atomic mass is 10.0. The molecule has 0 aliphatic carbocycles. The van der Waals surface area contributed by atoms with Gasteiger partial charge < -0.3 is 19.3 Å². The Labute approximate surface area is 150 Å². The maximum absolute atomic E-state index is 12.7. The summed E-state index contributed by atoms with van der Waals surface area (Å²) in [7, 11) is 0. The highest BCUT2D eigenvalue weighted by atomic mass is 32.1. The van der Waals surface area contributed by atoms with Crippen molar-refractivity contribution in [2.24, 2.45) is 5.92 Å². The summed E-state index contributed by atoms with van der Waals surface area (Å²) in [5.74, 6) is 2.01. The lowest BCUT2D eigenvalue weighted by Crippen LogP contribution is -2.40. The van der Waals surface area contributed by atoms with Crippen LogP contribution >= 0.6 is 11.3 Å². The van der Waals surface area contributed by atoms with Crippen LogP contribution in [0.25, 0.3) is 10.2 Å². The van der Waals surface area contributed by atoms with Crippen molar-refractivity contribution in [3.63, 3.8) is 0 Å². The van der Waals surface area contributed by atoms with Gasteiger partial charge in [-0.25, -0.2) is 4.98 Å². The van der Waals surface area contributed by atoms with Gasteiger partial charge in [0.05, 0.1) is 16.1 Å². The first-order valence-corrected chi connectivity index (χ1v) is 9.83. The van der Waals surface area contributed by atoms with E-state index < -0.39 is 0 Å². The average Bonchev–Trinajstić information content (AvgIpc) is 3.37. The molecular weight excluding hydrogens is 338 g/mol. The van der Waals surface area contributed by atoms with E-state index in [4.69, 9.17) is 14.5 Å². The van der Waals surface area contributed by atoms with Crippen molar-refractivity contribution in [2.45, 2.75) is 25.7 Å². The molecule has 2 fully saturated rings. The van der Waals surface area contributed by atoms with E-state index >= 15 is 0 Å². The third-order valence-electron chi connectivity index (χ3n) is 5.35. The van der Waals surface area contributed by atoms with Crippen LogP contribution in [0.1, 0.15) is 25.7 Å². The molecule has 1 atom stereocenters. The Morgan fingerprint density at radius 3 is 2.76 bits per heavy atom. The maximum Gasteiger partial charge on any atom is 0.231 e. The minimum absolute atomic E-state index is 0.113. The fourth-order valence-electron chi connectivity index (χ4n) is 3.95. The van der Waals surface area contributed by atoms with E-state index in [1.165, 1.54) is 6.42 Å². The summed E-state index contributed by atoms with van der Waals surface area (Å²) in [6, 6.07) is 3.95. The van der Waals surface area contributed by atoms with Gasteiger partial charge in [0.25, 0.3) is 0 Å². The first kappa shape index (κ1) is 15.3. The van der Waals surface area contributed by atoms with Gasteiger partial charge in [-0.2, -0.15) is 0 Å². The summed E-state index contributed by atoms with van der Waals surface area (Å²) in [6.45, 7) is 3.83. The van der Waals surface area contributed by atoms with Crippen molar-refractivity contribution in [3.05, 3.63) is 12.1 Å². The average molecular weight is 359 g/mol. The van der Waals surface area contributed by atoms with Crippen molar-refractivity contribution in [3.8, 4) is 11.5 Å². The monoisotopic (exact) mass is 359 g/mol. The number of amides is 1. The predicted octanol–water partition coefficient (Wildman–Crippen LogP) is 2.86. The number of ether oxygens (including phenoxy) is 2. The van der Waals surface area contributed by atoms with Crippen molar-refractivity contribution in [2.75, 3.05) is 37.9 Å². The summed E-state index contributed by atoms with van der Waals surface area (Å²) in [6.07, 6.45) is 4.47. The number of thiazole rings is 1.